The van der Waals surface area contributed by atoms with Crippen molar-refractivity contribution in [1.82, 2.24) is 0 Å². The monoisotopic (exact) mass is 282 g/mol. The highest BCUT2D eigenvalue weighted by Gasteiger charge is 2.18. The van der Waals surface area contributed by atoms with Crippen molar-refractivity contribution >= 4 is 17.6 Å². The summed E-state index contributed by atoms with van der Waals surface area (Å²) in [6.45, 7) is -1.50. The van der Waals surface area contributed by atoms with Gasteiger partial charge in [0, 0.05) is 5.56 Å². The maximum atomic E-state index is 13.6. The zero-order valence-corrected chi connectivity index (χ0v) is 10.1. The highest BCUT2D eigenvalue weighted by atomic mass is 35.5. The number of alkyl halides is 3. The molecule has 0 aromatic heterocycles. The number of esters is 1. The van der Waals surface area contributed by atoms with Crippen LogP contribution in [0.15, 0.2) is 12.1 Å². The van der Waals surface area contributed by atoms with Crippen LogP contribution in [0.1, 0.15) is 22.8 Å². The molecule has 0 saturated carbocycles. The molecule has 3 nitrogen and oxygen atoms in total. The molecule has 18 heavy (non-hydrogen) atoms. The summed E-state index contributed by atoms with van der Waals surface area (Å²) in [6.07, 6.45) is 0. The fourth-order valence-electron chi connectivity index (χ4n) is 1.27. The lowest BCUT2D eigenvalue weighted by Crippen LogP contribution is -2.09. The first-order valence-corrected chi connectivity index (χ1v) is 5.53. The summed E-state index contributed by atoms with van der Waals surface area (Å²) in [5, 5.41) is 0. The third-order valence-electron chi connectivity index (χ3n) is 1.99. The molecule has 0 amide bonds. The summed E-state index contributed by atoms with van der Waals surface area (Å²) in [6, 6.07) is 1.99. The first-order valence-electron chi connectivity index (χ1n) is 4.99. The summed E-state index contributed by atoms with van der Waals surface area (Å²) >= 11 is 5.46. The van der Waals surface area contributed by atoms with Crippen LogP contribution in [0.4, 0.5) is 13.2 Å². The second-order valence-corrected chi connectivity index (χ2v) is 3.45. The minimum atomic E-state index is -3.19. The number of halogens is 4. The Morgan fingerprint density at radius 2 is 2.11 bits per heavy atom. The van der Waals surface area contributed by atoms with Crippen LogP contribution in [0.25, 0.3) is 0 Å². The normalized spacial score (nSPS) is 10.6. The van der Waals surface area contributed by atoms with E-state index in [2.05, 4.69) is 9.47 Å². The molecule has 1 rings (SSSR count). The molecular weight excluding hydrogens is 273 g/mol. The predicted octanol–water partition coefficient (Wildman–Crippen LogP) is 3.34. The number of ether oxygens (including phenoxy) is 2. The molecule has 0 aliphatic carbocycles. The van der Waals surface area contributed by atoms with E-state index in [0.29, 0.717) is 0 Å². The quantitative estimate of drug-likeness (QED) is 0.614. The number of hydrogen-bond acceptors (Lipinski definition) is 3. The van der Waals surface area contributed by atoms with Crippen molar-refractivity contribution in [2.75, 3.05) is 6.61 Å². The molecule has 0 heterocycles. The largest absolute Gasteiger partial charge is 0.462 e. The van der Waals surface area contributed by atoms with Crippen LogP contribution in [-0.2, 0) is 10.6 Å². The van der Waals surface area contributed by atoms with Crippen molar-refractivity contribution in [3.05, 3.63) is 29.1 Å². The highest BCUT2D eigenvalue weighted by molar-refractivity contribution is 6.17. The Morgan fingerprint density at radius 3 is 2.61 bits per heavy atom. The summed E-state index contributed by atoms with van der Waals surface area (Å²) in [4.78, 5) is 11.4. The number of rotatable bonds is 5. The van der Waals surface area contributed by atoms with Gasteiger partial charge in [0.1, 0.15) is 0 Å². The van der Waals surface area contributed by atoms with Gasteiger partial charge < -0.3 is 9.47 Å². The maximum Gasteiger partial charge on any atom is 0.387 e. The van der Waals surface area contributed by atoms with Crippen molar-refractivity contribution in [2.45, 2.75) is 19.4 Å². The highest BCUT2D eigenvalue weighted by Crippen LogP contribution is 2.26. The number of carbonyl (C=O) groups excluding carboxylic acids is 1. The summed E-state index contributed by atoms with van der Waals surface area (Å²) in [5.74, 6) is -2.79. The molecule has 0 unspecified atom stereocenters. The number of carbonyl (C=O) groups is 1. The molecule has 0 radical (unpaired) electrons. The van der Waals surface area contributed by atoms with Crippen LogP contribution in [0, 0.1) is 5.82 Å². The van der Waals surface area contributed by atoms with Crippen molar-refractivity contribution in [2.24, 2.45) is 0 Å². The fraction of sp³-hybridized carbons (Fsp3) is 0.364. The molecule has 0 N–H and O–H groups in total. The molecule has 0 saturated heterocycles. The van der Waals surface area contributed by atoms with Crippen LogP contribution >= 0.6 is 11.6 Å². The Balaban J connectivity index is 3.17. The van der Waals surface area contributed by atoms with E-state index >= 15 is 0 Å². The van der Waals surface area contributed by atoms with Crippen LogP contribution in [-0.4, -0.2) is 19.2 Å². The van der Waals surface area contributed by atoms with Gasteiger partial charge in [0.15, 0.2) is 11.6 Å². The summed E-state index contributed by atoms with van der Waals surface area (Å²) < 4.78 is 46.4. The molecule has 7 heteroatoms. The molecule has 0 atom stereocenters. The Bertz CT molecular complexity index is 438. The third-order valence-corrected chi connectivity index (χ3v) is 2.27. The predicted molar refractivity (Wildman–Crippen MR) is 58.5 cm³/mol. The van der Waals surface area contributed by atoms with E-state index < -0.39 is 24.1 Å². The van der Waals surface area contributed by atoms with E-state index in [9.17, 15) is 18.0 Å². The molecule has 0 bridgehead atoms. The second-order valence-electron chi connectivity index (χ2n) is 3.18. The van der Waals surface area contributed by atoms with Crippen LogP contribution in [0.3, 0.4) is 0 Å². The Hall–Kier alpha value is -1.43. The molecule has 100 valence electrons. The molecule has 0 spiro atoms. The third kappa shape index (κ3) is 3.53. The Kier molecular flexibility index (Phi) is 5.27. The Morgan fingerprint density at radius 1 is 1.44 bits per heavy atom. The van der Waals surface area contributed by atoms with Gasteiger partial charge in [-0.1, -0.05) is 0 Å². The van der Waals surface area contributed by atoms with Crippen molar-refractivity contribution in [1.29, 1.82) is 0 Å². The van der Waals surface area contributed by atoms with Crippen molar-refractivity contribution in [3.63, 3.8) is 0 Å². The average Bonchev–Trinajstić information content (AvgIpc) is 2.31. The van der Waals surface area contributed by atoms with E-state index in [-0.39, 0.29) is 23.6 Å². The van der Waals surface area contributed by atoms with Gasteiger partial charge in [-0.05, 0) is 19.1 Å². The maximum absolute atomic E-state index is 13.6. The first kappa shape index (κ1) is 14.6. The zero-order valence-electron chi connectivity index (χ0n) is 9.38. The standard InChI is InChI=1S/C11H10ClF3O3/c1-2-17-10(16)6-3-7(5-12)9(13)8(4-6)18-11(14)15/h3-4,11H,2,5H2,1H3. The van der Waals surface area contributed by atoms with Gasteiger partial charge in [0.2, 0.25) is 0 Å². The number of hydrogen-bond donors (Lipinski definition) is 0. The fourth-order valence-corrected chi connectivity index (χ4v) is 1.46. The van der Waals surface area contributed by atoms with Gasteiger partial charge in [-0.15, -0.1) is 11.6 Å². The number of benzene rings is 1. The van der Waals surface area contributed by atoms with Gasteiger partial charge in [0.25, 0.3) is 0 Å². The molecule has 0 aliphatic rings. The van der Waals surface area contributed by atoms with Crippen molar-refractivity contribution in [3.8, 4) is 5.75 Å². The van der Waals surface area contributed by atoms with Crippen molar-refractivity contribution < 1.29 is 27.4 Å². The van der Waals surface area contributed by atoms with Gasteiger partial charge >= 0.3 is 12.6 Å². The zero-order chi connectivity index (χ0) is 13.7. The van der Waals surface area contributed by atoms with Crippen LogP contribution in [0.2, 0.25) is 0 Å². The summed E-state index contributed by atoms with van der Waals surface area (Å²) in [7, 11) is 0. The molecule has 1 aromatic carbocycles. The van der Waals surface area contributed by atoms with E-state index in [1.54, 1.807) is 6.92 Å². The minimum Gasteiger partial charge on any atom is -0.462 e. The minimum absolute atomic E-state index is 0.0930. The lowest BCUT2D eigenvalue weighted by Gasteiger charge is -2.10. The molecular formula is C11H10ClF3O3. The molecule has 0 aliphatic heterocycles. The first-order chi connectivity index (χ1) is 8.49. The summed E-state index contributed by atoms with van der Waals surface area (Å²) in [5.41, 5.74) is -0.206. The van der Waals surface area contributed by atoms with Gasteiger partial charge in [-0.25, -0.2) is 9.18 Å². The average molecular weight is 283 g/mol. The van der Waals surface area contributed by atoms with Gasteiger partial charge in [0.05, 0.1) is 18.1 Å². The lowest BCUT2D eigenvalue weighted by atomic mass is 10.1. The van der Waals surface area contributed by atoms with E-state index in [1.165, 1.54) is 0 Å². The van der Waals surface area contributed by atoms with Gasteiger partial charge in [-0.2, -0.15) is 8.78 Å². The molecule has 0 fully saturated rings. The SMILES string of the molecule is CCOC(=O)c1cc(CCl)c(F)c(OC(F)F)c1. The van der Waals surface area contributed by atoms with E-state index in [4.69, 9.17) is 11.6 Å². The van der Waals surface area contributed by atoms with E-state index in [0.717, 1.165) is 12.1 Å². The van der Waals surface area contributed by atoms with E-state index in [1.807, 2.05) is 0 Å². The smallest absolute Gasteiger partial charge is 0.387 e. The van der Waals surface area contributed by atoms with Crippen LogP contribution < -0.4 is 4.74 Å². The second kappa shape index (κ2) is 6.49. The van der Waals surface area contributed by atoms with Crippen LogP contribution in [0.5, 0.6) is 5.75 Å². The molecule has 1 aromatic rings. The lowest BCUT2D eigenvalue weighted by molar-refractivity contribution is -0.0523. The Labute approximate surface area is 106 Å². The topological polar surface area (TPSA) is 35.5 Å². The van der Waals surface area contributed by atoms with Gasteiger partial charge in [-0.3, -0.25) is 0 Å².